The lowest BCUT2D eigenvalue weighted by atomic mass is 10.0. The third kappa shape index (κ3) is 4.64. The van der Waals surface area contributed by atoms with Crippen LogP contribution >= 0.6 is 23.7 Å². The summed E-state index contributed by atoms with van der Waals surface area (Å²) in [7, 11) is 0. The van der Waals surface area contributed by atoms with Crippen LogP contribution in [0.1, 0.15) is 40.7 Å². The van der Waals surface area contributed by atoms with Crippen molar-refractivity contribution < 1.29 is 9.18 Å². The van der Waals surface area contributed by atoms with Crippen molar-refractivity contribution in [3.05, 3.63) is 45.9 Å². The Labute approximate surface area is 165 Å². The number of rotatable bonds is 5. The molecule has 1 fully saturated rings. The van der Waals surface area contributed by atoms with Gasteiger partial charge in [0.25, 0.3) is 5.91 Å². The zero-order valence-electron chi connectivity index (χ0n) is 15.3. The normalized spacial score (nSPS) is 14.7. The van der Waals surface area contributed by atoms with E-state index >= 15 is 0 Å². The lowest BCUT2D eigenvalue weighted by Gasteiger charge is -2.34. The number of hydrogen-bond acceptors (Lipinski definition) is 3. The Bertz CT molecular complexity index is 726. The van der Waals surface area contributed by atoms with Gasteiger partial charge in [0.1, 0.15) is 5.82 Å². The van der Waals surface area contributed by atoms with Gasteiger partial charge in [-0.2, -0.15) is 0 Å². The molecule has 1 aliphatic rings. The quantitative estimate of drug-likeness (QED) is 0.780. The van der Waals surface area contributed by atoms with Gasteiger partial charge >= 0.3 is 0 Å². The number of thiophene rings is 1. The maximum absolute atomic E-state index is 13.2. The van der Waals surface area contributed by atoms with Crippen molar-refractivity contribution in [1.29, 1.82) is 0 Å². The van der Waals surface area contributed by atoms with E-state index in [-0.39, 0.29) is 24.1 Å². The maximum atomic E-state index is 13.2. The molecule has 1 aromatic heterocycles. The highest BCUT2D eigenvalue weighted by atomic mass is 35.5. The van der Waals surface area contributed by atoms with Gasteiger partial charge in [0.05, 0.1) is 4.88 Å². The minimum Gasteiger partial charge on any atom is -0.335 e. The highest BCUT2D eigenvalue weighted by Crippen LogP contribution is 2.32. The molecule has 3 rings (SSSR count). The number of nitrogens with zero attached hydrogens (tertiary/aromatic N) is 1. The first-order valence-electron chi connectivity index (χ1n) is 8.98. The molecular formula is C20H26ClFN2OS. The highest BCUT2D eigenvalue weighted by Gasteiger charge is 2.27. The summed E-state index contributed by atoms with van der Waals surface area (Å²) in [6, 6.07) is 8.77. The molecule has 1 N–H and O–H groups in total. The van der Waals surface area contributed by atoms with E-state index in [1.54, 1.807) is 12.1 Å². The van der Waals surface area contributed by atoms with Crippen LogP contribution in [0.2, 0.25) is 0 Å². The number of amides is 1. The Morgan fingerprint density at radius 3 is 2.54 bits per heavy atom. The van der Waals surface area contributed by atoms with Gasteiger partial charge in [-0.05, 0) is 68.6 Å². The monoisotopic (exact) mass is 396 g/mol. The van der Waals surface area contributed by atoms with Crippen molar-refractivity contribution in [2.24, 2.45) is 0 Å². The lowest BCUT2D eigenvalue weighted by Crippen LogP contribution is -2.46. The van der Waals surface area contributed by atoms with E-state index < -0.39 is 0 Å². The molecule has 6 heteroatoms. The molecule has 0 spiro atoms. The van der Waals surface area contributed by atoms with E-state index in [2.05, 4.69) is 17.1 Å². The molecule has 1 aliphatic heterocycles. The number of nitrogens with one attached hydrogen (secondary N) is 1. The number of carbonyl (C=O) groups excluding carboxylic acids is 1. The Hall–Kier alpha value is -1.43. The summed E-state index contributed by atoms with van der Waals surface area (Å²) in [6.07, 6.45) is 2.99. The second kappa shape index (κ2) is 9.49. The van der Waals surface area contributed by atoms with E-state index in [0.29, 0.717) is 6.04 Å². The fraction of sp³-hybridized carbons (Fsp3) is 0.450. The van der Waals surface area contributed by atoms with Crippen molar-refractivity contribution >= 4 is 29.7 Å². The van der Waals surface area contributed by atoms with Crippen molar-refractivity contribution in [2.45, 2.75) is 39.2 Å². The lowest BCUT2D eigenvalue weighted by molar-refractivity contribution is 0.0647. The molecule has 0 atom stereocenters. The number of benzene rings is 1. The molecule has 1 amide bonds. The third-order valence-electron chi connectivity index (χ3n) is 4.76. The van der Waals surface area contributed by atoms with E-state index in [1.807, 2.05) is 13.0 Å². The maximum Gasteiger partial charge on any atom is 0.264 e. The van der Waals surface area contributed by atoms with Crippen LogP contribution in [0.25, 0.3) is 11.1 Å². The van der Waals surface area contributed by atoms with Gasteiger partial charge in [0.15, 0.2) is 0 Å². The molecule has 3 nitrogen and oxygen atoms in total. The van der Waals surface area contributed by atoms with Crippen molar-refractivity contribution in [3.63, 3.8) is 0 Å². The van der Waals surface area contributed by atoms with Gasteiger partial charge in [0, 0.05) is 17.5 Å². The van der Waals surface area contributed by atoms with E-state index in [0.717, 1.165) is 59.8 Å². The van der Waals surface area contributed by atoms with Crippen LogP contribution in [0, 0.1) is 12.7 Å². The average Bonchev–Trinajstić information content (AvgIpc) is 3.02. The summed E-state index contributed by atoms with van der Waals surface area (Å²) in [5.41, 5.74) is 1.98. The zero-order chi connectivity index (χ0) is 17.8. The van der Waals surface area contributed by atoms with Crippen molar-refractivity contribution in [1.82, 2.24) is 10.2 Å². The van der Waals surface area contributed by atoms with Crippen LogP contribution < -0.4 is 5.32 Å². The second-order valence-corrected chi connectivity index (χ2v) is 7.82. The molecule has 2 heterocycles. The van der Waals surface area contributed by atoms with Gasteiger partial charge in [-0.25, -0.2) is 4.39 Å². The van der Waals surface area contributed by atoms with Crippen LogP contribution in [0.3, 0.4) is 0 Å². The van der Waals surface area contributed by atoms with E-state index in [1.165, 1.54) is 23.5 Å². The smallest absolute Gasteiger partial charge is 0.264 e. The molecular weight excluding hydrogens is 371 g/mol. The molecule has 0 bridgehead atoms. The zero-order valence-corrected chi connectivity index (χ0v) is 16.9. The number of halogens is 2. The minimum absolute atomic E-state index is 0. The fourth-order valence-corrected chi connectivity index (χ4v) is 4.45. The molecule has 1 saturated heterocycles. The van der Waals surface area contributed by atoms with Gasteiger partial charge in [-0.3, -0.25) is 4.79 Å². The first kappa shape index (κ1) is 20.9. The SMILES string of the molecule is CCCN(C(=O)c1cc(-c2ccc(F)cc2)c(C)s1)C1CCNCC1.Cl. The minimum atomic E-state index is -0.243. The van der Waals surface area contributed by atoms with Crippen LogP contribution in [-0.2, 0) is 0 Å². The molecule has 142 valence electrons. The van der Waals surface area contributed by atoms with Gasteiger partial charge in [0.2, 0.25) is 0 Å². The van der Waals surface area contributed by atoms with Crippen LogP contribution in [0.4, 0.5) is 4.39 Å². The summed E-state index contributed by atoms with van der Waals surface area (Å²) in [6.45, 7) is 6.89. The van der Waals surface area contributed by atoms with Crippen LogP contribution in [0.15, 0.2) is 30.3 Å². The largest absolute Gasteiger partial charge is 0.335 e. The molecule has 0 radical (unpaired) electrons. The Morgan fingerprint density at radius 2 is 1.92 bits per heavy atom. The Morgan fingerprint density at radius 1 is 1.27 bits per heavy atom. The predicted molar refractivity (Wildman–Crippen MR) is 109 cm³/mol. The molecule has 0 aliphatic carbocycles. The number of hydrogen-bond donors (Lipinski definition) is 1. The number of carbonyl (C=O) groups is 1. The standard InChI is InChI=1S/C20H25FN2OS.ClH/c1-3-12-23(17-8-10-22-11-9-17)20(24)19-13-18(14(2)25-19)15-4-6-16(21)7-5-15;/h4-7,13,17,22H,3,8-12H2,1-2H3;1H. The van der Waals surface area contributed by atoms with E-state index in [4.69, 9.17) is 0 Å². The predicted octanol–water partition coefficient (Wildman–Crippen LogP) is 4.89. The second-order valence-electron chi connectivity index (χ2n) is 6.57. The summed E-state index contributed by atoms with van der Waals surface area (Å²) < 4.78 is 13.2. The summed E-state index contributed by atoms with van der Waals surface area (Å²) in [4.78, 5) is 17.1. The average molecular weight is 397 g/mol. The van der Waals surface area contributed by atoms with Crippen LogP contribution in [-0.4, -0.2) is 36.5 Å². The number of piperidine rings is 1. The van der Waals surface area contributed by atoms with E-state index in [9.17, 15) is 9.18 Å². The van der Waals surface area contributed by atoms with Gasteiger partial charge in [-0.1, -0.05) is 19.1 Å². The fourth-order valence-electron chi connectivity index (χ4n) is 3.45. The first-order chi connectivity index (χ1) is 12.1. The van der Waals surface area contributed by atoms with Crippen molar-refractivity contribution in [2.75, 3.05) is 19.6 Å². The number of aryl methyl sites for hydroxylation is 1. The topological polar surface area (TPSA) is 32.3 Å². The highest BCUT2D eigenvalue weighted by molar-refractivity contribution is 7.14. The molecule has 0 unspecified atom stereocenters. The first-order valence-corrected chi connectivity index (χ1v) is 9.80. The Balaban J connectivity index is 0.00000243. The molecule has 26 heavy (non-hydrogen) atoms. The molecule has 1 aromatic carbocycles. The van der Waals surface area contributed by atoms with Gasteiger partial charge < -0.3 is 10.2 Å². The summed E-state index contributed by atoms with van der Waals surface area (Å²) in [5.74, 6) is -0.108. The summed E-state index contributed by atoms with van der Waals surface area (Å²) >= 11 is 1.54. The third-order valence-corrected chi connectivity index (χ3v) is 5.80. The summed E-state index contributed by atoms with van der Waals surface area (Å²) in [5, 5.41) is 3.36. The van der Waals surface area contributed by atoms with Crippen LogP contribution in [0.5, 0.6) is 0 Å². The molecule has 0 saturated carbocycles. The molecule has 2 aromatic rings. The van der Waals surface area contributed by atoms with Crippen molar-refractivity contribution in [3.8, 4) is 11.1 Å². The Kier molecular flexibility index (Phi) is 7.62. The van der Waals surface area contributed by atoms with Gasteiger partial charge in [-0.15, -0.1) is 23.7 Å².